The van der Waals surface area contributed by atoms with Crippen molar-refractivity contribution in [3.05, 3.63) is 54.1 Å². The Bertz CT molecular complexity index is 2000. The van der Waals surface area contributed by atoms with Crippen LogP contribution < -0.4 is 54.0 Å². The first-order chi connectivity index (χ1) is 32.6. The molecule has 0 bridgehead atoms. The Labute approximate surface area is 404 Å². The number of aliphatic hydroxyl groups is 3. The molecule has 0 aliphatic carbocycles. The van der Waals surface area contributed by atoms with Gasteiger partial charge in [-0.25, -0.2) is 9.78 Å². The van der Waals surface area contributed by atoms with Gasteiger partial charge >= 0.3 is 5.97 Å². The molecule has 8 amide bonds. The Hall–Kier alpha value is -6.19. The van der Waals surface area contributed by atoms with E-state index in [4.69, 9.17) is 16.6 Å². The monoisotopic (exact) mass is 992 g/mol. The maximum atomic E-state index is 14.0. The van der Waals surface area contributed by atoms with Crippen molar-refractivity contribution in [2.45, 2.75) is 127 Å². The average molecular weight is 993 g/mol. The molecule has 25 nitrogen and oxygen atoms in total. The number of carbonyl (C=O) groups excluding carboxylic acids is 8. The van der Waals surface area contributed by atoms with Crippen molar-refractivity contribution in [2.24, 2.45) is 17.4 Å². The zero-order valence-electron chi connectivity index (χ0n) is 39.0. The molecule has 2 rings (SSSR count). The number of amides is 8. The number of hydrogen-bond donors (Lipinski definition) is 16. The summed E-state index contributed by atoms with van der Waals surface area (Å²) in [5, 5.41) is 58.8. The molecular formula is C43H68N12O13S. The van der Waals surface area contributed by atoms with Gasteiger partial charge < -0.3 is 79.4 Å². The first-order valence-electron chi connectivity index (χ1n) is 22.3. The number of nitrogens with two attached hydrogens (primary N) is 2. The number of aliphatic carboxylic acids is 1. The van der Waals surface area contributed by atoms with Crippen LogP contribution in [0.3, 0.4) is 0 Å². The van der Waals surface area contributed by atoms with Crippen LogP contribution in [0, 0.1) is 5.92 Å². The minimum absolute atomic E-state index is 0.0999. The SMILES string of the molecule is CC(C)CC(NC(=O)C(Cc1cnc[nH]1)NC(=O)C(CS)NC(=O)C(Cc1ccccc1)NC(=O)C(CO)NC(=O)C(NC(=O)C(C)NC(=O)C(N)CO)C(C)O)C(=O)NC(CCCCN)C(=O)O. The van der Waals surface area contributed by atoms with E-state index in [0.717, 1.165) is 6.92 Å². The second kappa shape index (κ2) is 30.3. The largest absolute Gasteiger partial charge is 0.480 e. The third kappa shape index (κ3) is 20.5. The zero-order chi connectivity index (χ0) is 51.8. The third-order valence-corrected chi connectivity index (χ3v) is 10.8. The number of aromatic nitrogens is 2. The predicted octanol–water partition coefficient (Wildman–Crippen LogP) is -5.02. The number of rotatable bonds is 31. The number of benzene rings is 1. The van der Waals surface area contributed by atoms with Crippen LogP contribution in [-0.4, -0.2) is 170 Å². The van der Waals surface area contributed by atoms with Gasteiger partial charge in [0, 0.05) is 30.5 Å². The number of thiol groups is 1. The van der Waals surface area contributed by atoms with Gasteiger partial charge in [-0.05, 0) is 57.6 Å². The van der Waals surface area contributed by atoms with Gasteiger partial charge in [-0.15, -0.1) is 0 Å². The Morgan fingerprint density at radius 2 is 1.19 bits per heavy atom. The lowest BCUT2D eigenvalue weighted by molar-refractivity contribution is -0.142. The Morgan fingerprint density at radius 1 is 0.652 bits per heavy atom. The van der Waals surface area contributed by atoms with E-state index in [2.05, 4.69) is 65.1 Å². The first-order valence-corrected chi connectivity index (χ1v) is 22.9. The molecule has 0 radical (unpaired) electrons. The predicted molar refractivity (Wildman–Crippen MR) is 251 cm³/mol. The summed E-state index contributed by atoms with van der Waals surface area (Å²) in [6.45, 7) is 4.57. The lowest BCUT2D eigenvalue weighted by atomic mass is 10.0. The number of aliphatic hydroxyl groups excluding tert-OH is 3. The molecule has 0 saturated heterocycles. The normalized spacial score (nSPS) is 15.5. The van der Waals surface area contributed by atoms with Gasteiger partial charge in [-0.3, -0.25) is 38.4 Å². The molecule has 0 fully saturated rings. The molecule has 10 atom stereocenters. The van der Waals surface area contributed by atoms with Crippen LogP contribution in [0.1, 0.15) is 64.6 Å². The summed E-state index contributed by atoms with van der Waals surface area (Å²) in [6, 6.07) is -4.59. The molecule has 384 valence electrons. The minimum atomic E-state index is -1.76. The van der Waals surface area contributed by atoms with Crippen LogP contribution >= 0.6 is 12.6 Å². The highest BCUT2D eigenvalue weighted by Crippen LogP contribution is 2.11. The topological polar surface area (TPSA) is 412 Å². The van der Waals surface area contributed by atoms with Gasteiger partial charge in [0.15, 0.2) is 0 Å². The standard InChI is InChI=1S/C43H68N12O13S/c1-22(2)14-29(37(61)49-28(43(67)68)12-8-9-13-44)50-39(63)31(16-26-17-46-21-47-26)52-41(65)33(20-69)54-38(62)30(15-25-10-6-5-7-11-25)51-40(64)32(19-57)53-42(66)34(24(4)58)55-35(59)23(3)48-36(60)27(45)18-56/h5-7,10-11,17,21-24,27-34,56-58,69H,8-9,12-16,18-20,44-45H2,1-4H3,(H,46,47)(H,48,60)(H,49,61)(H,50,63)(H,51,64)(H,52,65)(H,53,66)(H,54,62)(H,55,59)(H,67,68). The zero-order valence-corrected chi connectivity index (χ0v) is 39.9. The highest BCUT2D eigenvalue weighted by Gasteiger charge is 2.35. The van der Waals surface area contributed by atoms with Gasteiger partial charge in [0.05, 0.1) is 25.6 Å². The summed E-state index contributed by atoms with van der Waals surface area (Å²) in [5.74, 6) is -9.23. The molecule has 0 aliphatic heterocycles. The molecule has 0 aliphatic rings. The summed E-state index contributed by atoms with van der Waals surface area (Å²) in [6.07, 6.45) is 1.99. The van der Waals surface area contributed by atoms with Gasteiger partial charge in [0.1, 0.15) is 54.4 Å². The Morgan fingerprint density at radius 3 is 1.71 bits per heavy atom. The molecule has 10 unspecified atom stereocenters. The highest BCUT2D eigenvalue weighted by molar-refractivity contribution is 7.80. The maximum Gasteiger partial charge on any atom is 0.326 e. The number of carbonyl (C=O) groups is 9. The number of hydrogen-bond acceptors (Lipinski definition) is 16. The second-order valence-corrected chi connectivity index (χ2v) is 17.1. The fourth-order valence-corrected chi connectivity index (χ4v) is 6.76. The average Bonchev–Trinajstić information content (AvgIpc) is 3.83. The summed E-state index contributed by atoms with van der Waals surface area (Å²) in [4.78, 5) is 126. The summed E-state index contributed by atoms with van der Waals surface area (Å²) in [7, 11) is 0. The molecule has 1 aromatic carbocycles. The van der Waals surface area contributed by atoms with Crippen molar-refractivity contribution in [3.63, 3.8) is 0 Å². The van der Waals surface area contributed by atoms with Gasteiger partial charge in [-0.1, -0.05) is 44.2 Å². The fourth-order valence-electron chi connectivity index (χ4n) is 6.50. The Kier molecular flexibility index (Phi) is 25.9. The Balaban J connectivity index is 2.33. The fraction of sp³-hybridized carbons (Fsp3) is 0.581. The van der Waals surface area contributed by atoms with Gasteiger partial charge in [-0.2, -0.15) is 12.6 Å². The maximum absolute atomic E-state index is 14.0. The summed E-state index contributed by atoms with van der Waals surface area (Å²) < 4.78 is 0. The van der Waals surface area contributed by atoms with Crippen molar-refractivity contribution in [1.82, 2.24) is 52.5 Å². The van der Waals surface area contributed by atoms with Crippen molar-refractivity contribution in [1.29, 1.82) is 0 Å². The molecule has 1 aromatic heterocycles. The molecule has 17 N–H and O–H groups in total. The molecular weight excluding hydrogens is 925 g/mol. The van der Waals surface area contributed by atoms with E-state index in [-0.39, 0.29) is 37.4 Å². The lowest BCUT2D eigenvalue weighted by Crippen LogP contribution is -2.62. The smallest absolute Gasteiger partial charge is 0.326 e. The molecule has 69 heavy (non-hydrogen) atoms. The molecule has 1 heterocycles. The molecule has 0 spiro atoms. The highest BCUT2D eigenvalue weighted by atomic mass is 32.1. The van der Waals surface area contributed by atoms with Crippen LogP contribution in [0.2, 0.25) is 0 Å². The minimum Gasteiger partial charge on any atom is -0.480 e. The van der Waals surface area contributed by atoms with E-state index in [9.17, 15) is 58.5 Å². The first kappa shape index (κ1) is 58.9. The van der Waals surface area contributed by atoms with Crippen molar-refractivity contribution < 1.29 is 63.6 Å². The van der Waals surface area contributed by atoms with Crippen molar-refractivity contribution in [2.75, 3.05) is 25.5 Å². The van der Waals surface area contributed by atoms with Crippen molar-refractivity contribution >= 4 is 65.9 Å². The number of H-pyrrole nitrogens is 1. The molecule has 0 saturated carbocycles. The molecule has 2 aromatic rings. The number of imidazole rings is 1. The number of aromatic amines is 1. The second-order valence-electron chi connectivity index (χ2n) is 16.7. The van der Waals surface area contributed by atoms with Crippen molar-refractivity contribution in [3.8, 4) is 0 Å². The van der Waals surface area contributed by atoms with Crippen LogP contribution in [-0.2, 0) is 56.0 Å². The number of nitrogens with one attached hydrogen (secondary N) is 9. The van der Waals surface area contributed by atoms with E-state index in [1.165, 1.54) is 19.4 Å². The van der Waals surface area contributed by atoms with E-state index in [1.807, 2.05) is 0 Å². The third-order valence-electron chi connectivity index (χ3n) is 10.4. The summed E-state index contributed by atoms with van der Waals surface area (Å²) in [5.41, 5.74) is 11.9. The van der Waals surface area contributed by atoms with Gasteiger partial charge in [0.2, 0.25) is 47.3 Å². The van der Waals surface area contributed by atoms with Crippen LogP contribution in [0.25, 0.3) is 0 Å². The van der Waals surface area contributed by atoms with E-state index in [0.29, 0.717) is 30.6 Å². The number of unbranched alkanes of at least 4 members (excludes halogenated alkanes) is 1. The van der Waals surface area contributed by atoms with Crippen LogP contribution in [0.15, 0.2) is 42.9 Å². The van der Waals surface area contributed by atoms with Crippen LogP contribution in [0.4, 0.5) is 0 Å². The van der Waals surface area contributed by atoms with E-state index in [1.54, 1.807) is 44.2 Å². The van der Waals surface area contributed by atoms with E-state index < -0.39 is 127 Å². The quantitative estimate of drug-likeness (QED) is 0.0248. The number of carboxylic acids is 1. The number of carboxylic acid groups (broad SMARTS) is 1. The van der Waals surface area contributed by atoms with Crippen LogP contribution in [0.5, 0.6) is 0 Å². The molecule has 26 heteroatoms. The lowest BCUT2D eigenvalue weighted by Gasteiger charge is -2.28. The summed E-state index contributed by atoms with van der Waals surface area (Å²) >= 11 is 4.26. The van der Waals surface area contributed by atoms with E-state index >= 15 is 0 Å². The van der Waals surface area contributed by atoms with Gasteiger partial charge in [0.25, 0.3) is 0 Å². The number of nitrogens with zero attached hydrogens (tertiary/aromatic N) is 1.